The summed E-state index contributed by atoms with van der Waals surface area (Å²) in [6.07, 6.45) is 18.1. The Balaban J connectivity index is 2.59. The van der Waals surface area contributed by atoms with Crippen molar-refractivity contribution >= 4 is 0 Å². The molecule has 0 spiro atoms. The van der Waals surface area contributed by atoms with Gasteiger partial charge in [-0.2, -0.15) is 0 Å². The topological polar surface area (TPSA) is 0 Å². The molecule has 0 aromatic carbocycles. The molecular formula is C14H20. The fraction of sp³-hybridized carbons (Fsp3) is 0.429. The molecule has 0 atom stereocenters. The molecule has 0 heterocycles. The summed E-state index contributed by atoms with van der Waals surface area (Å²) in [5.41, 5.74) is 2.83. The highest BCUT2D eigenvalue weighted by Gasteiger charge is 1.93. The summed E-state index contributed by atoms with van der Waals surface area (Å²) in [5.74, 6) is 0. The van der Waals surface area contributed by atoms with Crippen LogP contribution in [0.15, 0.2) is 47.6 Å². The van der Waals surface area contributed by atoms with Crippen molar-refractivity contribution in [2.45, 2.75) is 39.5 Å². The molecule has 0 saturated carbocycles. The second-order valence-electron chi connectivity index (χ2n) is 3.66. The lowest BCUT2D eigenvalue weighted by atomic mass is 10.0. The molecule has 0 aliphatic heterocycles. The molecule has 0 bridgehead atoms. The maximum absolute atomic E-state index is 2.23. The Morgan fingerprint density at radius 2 is 1.57 bits per heavy atom. The van der Waals surface area contributed by atoms with Crippen LogP contribution < -0.4 is 0 Å². The summed E-state index contributed by atoms with van der Waals surface area (Å²) in [5, 5.41) is 0. The average molecular weight is 188 g/mol. The normalized spacial score (nSPS) is 15.9. The summed E-state index contributed by atoms with van der Waals surface area (Å²) in [6.45, 7) is 4.42. The first-order chi connectivity index (χ1) is 6.86. The molecule has 1 rings (SSSR count). The van der Waals surface area contributed by atoms with E-state index in [4.69, 9.17) is 0 Å². The highest BCUT2D eigenvalue weighted by molar-refractivity contribution is 5.35. The Bertz CT molecular complexity index is 274. The fourth-order valence-electron chi connectivity index (χ4n) is 1.48. The van der Waals surface area contributed by atoms with E-state index >= 15 is 0 Å². The summed E-state index contributed by atoms with van der Waals surface area (Å²) < 4.78 is 0. The van der Waals surface area contributed by atoms with Crippen LogP contribution in [0.2, 0.25) is 0 Å². The van der Waals surface area contributed by atoms with Crippen LogP contribution in [0.4, 0.5) is 0 Å². The minimum absolute atomic E-state index is 1.11. The lowest BCUT2D eigenvalue weighted by Gasteiger charge is -2.02. The molecule has 0 heteroatoms. The van der Waals surface area contributed by atoms with Crippen molar-refractivity contribution < 1.29 is 0 Å². The second kappa shape index (κ2) is 6.42. The molecule has 0 aromatic heterocycles. The molecule has 0 amide bonds. The van der Waals surface area contributed by atoms with Crippen LogP contribution in [0.1, 0.15) is 39.5 Å². The first kappa shape index (κ1) is 11.0. The van der Waals surface area contributed by atoms with Gasteiger partial charge in [0.05, 0.1) is 0 Å². The van der Waals surface area contributed by atoms with Gasteiger partial charge >= 0.3 is 0 Å². The van der Waals surface area contributed by atoms with E-state index in [-0.39, 0.29) is 0 Å². The Hall–Kier alpha value is -1.04. The van der Waals surface area contributed by atoms with Crippen LogP contribution in [0.5, 0.6) is 0 Å². The number of unbranched alkanes of at least 4 members (excludes halogenated alkanes) is 1. The fourth-order valence-corrected chi connectivity index (χ4v) is 1.48. The summed E-state index contributed by atoms with van der Waals surface area (Å²) in [6, 6.07) is 0. The van der Waals surface area contributed by atoms with Crippen molar-refractivity contribution in [3.05, 3.63) is 47.6 Å². The molecule has 1 aliphatic carbocycles. The molecule has 0 nitrogen and oxygen atoms in total. The molecule has 76 valence electrons. The quantitative estimate of drug-likeness (QED) is 0.606. The zero-order valence-electron chi connectivity index (χ0n) is 9.29. The summed E-state index contributed by atoms with van der Waals surface area (Å²) >= 11 is 0. The Morgan fingerprint density at radius 1 is 0.929 bits per heavy atom. The van der Waals surface area contributed by atoms with Gasteiger partial charge in [0.15, 0.2) is 0 Å². The highest BCUT2D eigenvalue weighted by Crippen LogP contribution is 2.13. The lowest BCUT2D eigenvalue weighted by molar-refractivity contribution is 0.798. The van der Waals surface area contributed by atoms with Crippen molar-refractivity contribution in [2.75, 3.05) is 0 Å². The lowest BCUT2D eigenvalue weighted by Crippen LogP contribution is -1.82. The van der Waals surface area contributed by atoms with Gasteiger partial charge in [-0.1, -0.05) is 56.7 Å². The van der Waals surface area contributed by atoms with E-state index < -0.39 is 0 Å². The van der Waals surface area contributed by atoms with Crippen molar-refractivity contribution in [1.82, 2.24) is 0 Å². The van der Waals surface area contributed by atoms with Crippen molar-refractivity contribution in [2.24, 2.45) is 0 Å². The number of rotatable bonds is 4. The highest BCUT2D eigenvalue weighted by atomic mass is 14.0. The van der Waals surface area contributed by atoms with E-state index in [0.717, 1.165) is 6.42 Å². The van der Waals surface area contributed by atoms with Crippen molar-refractivity contribution in [1.29, 1.82) is 0 Å². The van der Waals surface area contributed by atoms with Gasteiger partial charge in [0.25, 0.3) is 0 Å². The van der Waals surface area contributed by atoms with Gasteiger partial charge < -0.3 is 0 Å². The third-order valence-corrected chi connectivity index (χ3v) is 2.47. The molecule has 0 aromatic rings. The minimum atomic E-state index is 1.11. The number of allylic oxidation sites excluding steroid dienone is 8. The van der Waals surface area contributed by atoms with Crippen molar-refractivity contribution in [3.63, 3.8) is 0 Å². The number of hydrogen-bond acceptors (Lipinski definition) is 0. The van der Waals surface area contributed by atoms with Gasteiger partial charge in [-0.15, -0.1) is 0 Å². The van der Waals surface area contributed by atoms with E-state index in [9.17, 15) is 0 Å². The molecule has 0 radical (unpaired) electrons. The summed E-state index contributed by atoms with van der Waals surface area (Å²) in [7, 11) is 0. The van der Waals surface area contributed by atoms with Gasteiger partial charge in [-0.25, -0.2) is 0 Å². The monoisotopic (exact) mass is 188 g/mol. The second-order valence-corrected chi connectivity index (χ2v) is 3.66. The third kappa shape index (κ3) is 3.78. The van der Waals surface area contributed by atoms with Crippen LogP contribution in [0, 0.1) is 0 Å². The predicted octanol–water partition coefficient (Wildman–Crippen LogP) is 4.57. The van der Waals surface area contributed by atoms with Crippen LogP contribution in [-0.4, -0.2) is 0 Å². The van der Waals surface area contributed by atoms with Gasteiger partial charge in [-0.05, 0) is 30.4 Å². The van der Waals surface area contributed by atoms with Gasteiger partial charge in [0.2, 0.25) is 0 Å². The SMILES string of the molecule is CCCCC1=CC=CC(CC)=CC=C1. The maximum atomic E-state index is 2.23. The molecule has 0 saturated heterocycles. The Kier molecular flexibility index (Phi) is 5.06. The summed E-state index contributed by atoms with van der Waals surface area (Å²) in [4.78, 5) is 0. The van der Waals surface area contributed by atoms with E-state index in [1.807, 2.05) is 0 Å². The van der Waals surface area contributed by atoms with Crippen LogP contribution in [-0.2, 0) is 0 Å². The standard InChI is InChI=1S/C14H20/c1-3-5-8-14-11-6-9-13(4-2)10-7-12-14/h6-7,9-12H,3-5,8H2,1-2H3. The average Bonchev–Trinajstić information content (AvgIpc) is 2.16. The molecule has 0 fully saturated rings. The zero-order chi connectivity index (χ0) is 10.2. The van der Waals surface area contributed by atoms with Gasteiger partial charge in [-0.3, -0.25) is 0 Å². The van der Waals surface area contributed by atoms with Crippen molar-refractivity contribution in [3.8, 4) is 0 Å². The Morgan fingerprint density at radius 3 is 2.21 bits per heavy atom. The molecule has 0 N–H and O–H groups in total. The Labute approximate surface area is 87.7 Å². The van der Waals surface area contributed by atoms with Crippen LogP contribution >= 0.6 is 0 Å². The first-order valence-electron chi connectivity index (χ1n) is 5.61. The van der Waals surface area contributed by atoms with E-state index in [1.54, 1.807) is 0 Å². The molecule has 1 aliphatic rings. The van der Waals surface area contributed by atoms with Gasteiger partial charge in [0.1, 0.15) is 0 Å². The predicted molar refractivity (Wildman–Crippen MR) is 64.3 cm³/mol. The van der Waals surface area contributed by atoms with E-state index in [0.29, 0.717) is 0 Å². The molecule has 14 heavy (non-hydrogen) atoms. The third-order valence-electron chi connectivity index (χ3n) is 2.47. The van der Waals surface area contributed by atoms with Crippen LogP contribution in [0.3, 0.4) is 0 Å². The molecular weight excluding hydrogens is 168 g/mol. The molecule has 0 unspecified atom stereocenters. The maximum Gasteiger partial charge on any atom is -0.0279 e. The van der Waals surface area contributed by atoms with E-state index in [1.165, 1.54) is 30.4 Å². The largest absolute Gasteiger partial charge is 0.0654 e. The van der Waals surface area contributed by atoms with Gasteiger partial charge in [0, 0.05) is 0 Å². The van der Waals surface area contributed by atoms with Crippen LogP contribution in [0.25, 0.3) is 0 Å². The first-order valence-corrected chi connectivity index (χ1v) is 5.61. The van der Waals surface area contributed by atoms with E-state index in [2.05, 4.69) is 50.3 Å². The zero-order valence-corrected chi connectivity index (χ0v) is 9.29. The minimum Gasteiger partial charge on any atom is -0.0654 e. The number of hydrogen-bond donors (Lipinski definition) is 0. The smallest absolute Gasteiger partial charge is 0.0279 e.